The summed E-state index contributed by atoms with van der Waals surface area (Å²) >= 11 is 1.16. The smallest absolute Gasteiger partial charge is 0.338 e. The van der Waals surface area contributed by atoms with E-state index in [-0.39, 0.29) is 17.3 Å². The first-order valence-corrected chi connectivity index (χ1v) is 11.7. The minimum atomic E-state index is -0.928. The second-order valence-corrected chi connectivity index (χ2v) is 8.95. The molecular weight excluding hydrogens is 402 g/mol. The maximum absolute atomic E-state index is 12.9. The second kappa shape index (κ2) is 11.0. The second-order valence-electron chi connectivity index (χ2n) is 7.88. The van der Waals surface area contributed by atoms with Crippen molar-refractivity contribution in [1.29, 1.82) is 0 Å². The first-order chi connectivity index (χ1) is 14.5. The molecule has 1 N–H and O–H groups in total. The molecule has 3 rings (SSSR count). The Kier molecular flexibility index (Phi) is 8.36. The van der Waals surface area contributed by atoms with E-state index in [9.17, 15) is 9.59 Å². The van der Waals surface area contributed by atoms with E-state index in [0.29, 0.717) is 43.1 Å². The Labute approximate surface area is 182 Å². The van der Waals surface area contributed by atoms with Gasteiger partial charge in [0.1, 0.15) is 6.10 Å². The van der Waals surface area contributed by atoms with Gasteiger partial charge in [0.15, 0.2) is 5.79 Å². The lowest BCUT2D eigenvalue weighted by molar-refractivity contribution is -0.287. The summed E-state index contributed by atoms with van der Waals surface area (Å²) in [7, 11) is 0. The van der Waals surface area contributed by atoms with Crippen molar-refractivity contribution in [1.82, 2.24) is 5.48 Å². The van der Waals surface area contributed by atoms with Crippen LogP contribution in [0.1, 0.15) is 61.9 Å². The monoisotopic (exact) mass is 433 g/mol. The van der Waals surface area contributed by atoms with Gasteiger partial charge < -0.3 is 9.47 Å². The molecule has 1 amide bonds. The summed E-state index contributed by atoms with van der Waals surface area (Å²) in [4.78, 5) is 30.0. The summed E-state index contributed by atoms with van der Waals surface area (Å²) in [5.74, 6) is -0.0756. The molecule has 30 heavy (non-hydrogen) atoms. The number of amides is 1. The number of rotatable bonds is 7. The number of benzene rings is 1. The van der Waals surface area contributed by atoms with Crippen LogP contribution in [0.3, 0.4) is 0 Å². The zero-order valence-corrected chi connectivity index (χ0v) is 18.5. The Hall–Kier alpha value is -1.83. The molecule has 164 valence electrons. The molecule has 0 bridgehead atoms. The van der Waals surface area contributed by atoms with Crippen LogP contribution in [-0.2, 0) is 20.7 Å². The molecule has 7 heteroatoms. The first kappa shape index (κ1) is 22.8. The van der Waals surface area contributed by atoms with E-state index in [2.05, 4.69) is 31.5 Å². The van der Waals surface area contributed by atoms with Gasteiger partial charge in [0, 0.05) is 25.0 Å². The molecule has 2 saturated heterocycles. The fraction of sp³-hybridized carbons (Fsp3) is 0.565. The van der Waals surface area contributed by atoms with Gasteiger partial charge in [0.25, 0.3) is 0 Å². The lowest BCUT2D eigenvalue weighted by Crippen LogP contribution is -2.48. The summed E-state index contributed by atoms with van der Waals surface area (Å²) in [6, 6.07) is 7.62. The highest BCUT2D eigenvalue weighted by atomic mass is 32.2. The fourth-order valence-electron chi connectivity index (χ4n) is 3.60. The summed E-state index contributed by atoms with van der Waals surface area (Å²) in [5, 5.41) is -0.231. The van der Waals surface area contributed by atoms with Crippen molar-refractivity contribution < 1.29 is 23.9 Å². The first-order valence-electron chi connectivity index (χ1n) is 10.7. The van der Waals surface area contributed by atoms with Crippen LogP contribution in [0.2, 0.25) is 0 Å². The number of allylic oxidation sites excluding steroid dienone is 2. The standard InChI is InChI=1S/C23H31NO5S/c1-3-17(2)8-4-5-9-18-10-6-7-11-20(18)21(25)28-19-12-14-27-23(16-19)13-15-30-22(26)24-29-23/h4,6-8,10-11,17,19H,3,5,9,12-16H2,1-2H3,(H,24,26)/b8-4-/t17-,19+,23?/m0/s1. The summed E-state index contributed by atoms with van der Waals surface area (Å²) in [6.45, 7) is 4.79. The molecule has 2 heterocycles. The zero-order valence-electron chi connectivity index (χ0n) is 17.7. The van der Waals surface area contributed by atoms with Crippen molar-refractivity contribution in [2.75, 3.05) is 12.4 Å². The maximum Gasteiger partial charge on any atom is 0.338 e. The molecule has 2 aliphatic rings. The normalized spacial score (nSPS) is 25.7. The molecule has 3 atom stereocenters. The molecule has 1 aromatic carbocycles. The molecule has 2 aliphatic heterocycles. The number of thioether (sulfide) groups is 1. The van der Waals surface area contributed by atoms with Gasteiger partial charge in [-0.15, -0.1) is 0 Å². The van der Waals surface area contributed by atoms with Crippen molar-refractivity contribution in [3.8, 4) is 0 Å². The molecule has 1 spiro atoms. The van der Waals surface area contributed by atoms with Crippen LogP contribution < -0.4 is 5.48 Å². The number of carbonyl (C=O) groups is 2. The zero-order chi connectivity index (χ0) is 21.4. The van der Waals surface area contributed by atoms with Crippen molar-refractivity contribution in [3.05, 3.63) is 47.5 Å². The highest BCUT2D eigenvalue weighted by Gasteiger charge is 2.42. The average molecular weight is 434 g/mol. The van der Waals surface area contributed by atoms with Crippen LogP contribution in [0.25, 0.3) is 0 Å². The predicted octanol–water partition coefficient (Wildman–Crippen LogP) is 5.03. The predicted molar refractivity (Wildman–Crippen MR) is 117 cm³/mol. The summed E-state index contributed by atoms with van der Waals surface area (Å²) in [6.07, 6.45) is 8.48. The molecule has 0 aromatic heterocycles. The van der Waals surface area contributed by atoms with E-state index in [1.165, 1.54) is 0 Å². The minimum Gasteiger partial charge on any atom is -0.458 e. The van der Waals surface area contributed by atoms with Crippen LogP contribution >= 0.6 is 11.8 Å². The number of hydroxylamine groups is 1. The molecule has 1 aromatic rings. The molecule has 6 nitrogen and oxygen atoms in total. The van der Waals surface area contributed by atoms with Crippen LogP contribution in [0.15, 0.2) is 36.4 Å². The molecule has 0 radical (unpaired) electrons. The van der Waals surface area contributed by atoms with Crippen molar-refractivity contribution in [3.63, 3.8) is 0 Å². The topological polar surface area (TPSA) is 73.9 Å². The van der Waals surface area contributed by atoms with Gasteiger partial charge in [-0.2, -0.15) is 0 Å². The maximum atomic E-state index is 12.9. The molecule has 0 saturated carbocycles. The highest BCUT2D eigenvalue weighted by Crippen LogP contribution is 2.34. The molecule has 2 fully saturated rings. The quantitative estimate of drug-likeness (QED) is 0.480. The van der Waals surface area contributed by atoms with Crippen LogP contribution in [0.5, 0.6) is 0 Å². The van der Waals surface area contributed by atoms with Crippen LogP contribution in [-0.4, -0.2) is 35.5 Å². The van der Waals surface area contributed by atoms with E-state index < -0.39 is 5.79 Å². The largest absolute Gasteiger partial charge is 0.458 e. The highest BCUT2D eigenvalue weighted by molar-refractivity contribution is 8.13. The molecule has 0 aliphatic carbocycles. The van der Waals surface area contributed by atoms with Gasteiger partial charge in [-0.1, -0.05) is 62.4 Å². The number of nitrogens with one attached hydrogen (secondary N) is 1. The number of esters is 1. The minimum absolute atomic E-state index is 0.231. The van der Waals surface area contributed by atoms with Crippen molar-refractivity contribution in [2.45, 2.75) is 64.3 Å². The van der Waals surface area contributed by atoms with Crippen molar-refractivity contribution >= 4 is 23.0 Å². The molecule has 1 unspecified atom stereocenters. The SMILES string of the molecule is CC[C@H](C)/C=C\CCc1ccccc1C(=O)O[C@@H]1CCOC2(CCSC(=O)NO2)C1. The lowest BCUT2D eigenvalue weighted by atomic mass is 9.99. The Morgan fingerprint density at radius 1 is 1.43 bits per heavy atom. The fourth-order valence-corrected chi connectivity index (χ4v) is 4.30. The van der Waals surface area contributed by atoms with Gasteiger partial charge in [-0.3, -0.25) is 4.79 Å². The van der Waals surface area contributed by atoms with E-state index in [1.54, 1.807) is 0 Å². The number of hydrogen-bond acceptors (Lipinski definition) is 6. The van der Waals surface area contributed by atoms with E-state index >= 15 is 0 Å². The van der Waals surface area contributed by atoms with Gasteiger partial charge in [0.2, 0.25) is 0 Å². The third kappa shape index (κ3) is 6.33. The Balaban J connectivity index is 1.60. The summed E-state index contributed by atoms with van der Waals surface area (Å²) in [5.41, 5.74) is 4.02. The van der Waals surface area contributed by atoms with Crippen LogP contribution in [0.4, 0.5) is 4.79 Å². The number of ether oxygens (including phenoxy) is 2. The number of hydrogen-bond donors (Lipinski definition) is 1. The third-order valence-corrected chi connectivity index (χ3v) is 6.33. The van der Waals surface area contributed by atoms with Gasteiger partial charge >= 0.3 is 11.2 Å². The Bertz CT molecular complexity index is 768. The van der Waals surface area contributed by atoms with Gasteiger partial charge in [0.05, 0.1) is 12.2 Å². The average Bonchev–Trinajstić information content (AvgIpc) is 2.92. The van der Waals surface area contributed by atoms with Gasteiger partial charge in [-0.25, -0.2) is 15.1 Å². The van der Waals surface area contributed by atoms with E-state index in [1.807, 2.05) is 24.3 Å². The molecular formula is C23H31NO5S. The number of carbonyl (C=O) groups excluding carboxylic acids is 2. The van der Waals surface area contributed by atoms with Crippen molar-refractivity contribution in [2.24, 2.45) is 5.92 Å². The summed E-state index contributed by atoms with van der Waals surface area (Å²) < 4.78 is 11.7. The number of aryl methyl sites for hydroxylation is 1. The Morgan fingerprint density at radius 2 is 2.27 bits per heavy atom. The Morgan fingerprint density at radius 3 is 3.10 bits per heavy atom. The van der Waals surface area contributed by atoms with E-state index in [0.717, 1.165) is 36.6 Å². The van der Waals surface area contributed by atoms with Crippen LogP contribution in [0, 0.1) is 5.92 Å². The third-order valence-electron chi connectivity index (χ3n) is 5.58. The lowest BCUT2D eigenvalue weighted by Gasteiger charge is -2.38. The van der Waals surface area contributed by atoms with E-state index in [4.69, 9.17) is 14.3 Å². The van der Waals surface area contributed by atoms with Gasteiger partial charge in [-0.05, 0) is 30.4 Å².